The van der Waals surface area contributed by atoms with Gasteiger partial charge in [-0.25, -0.2) is 0 Å². The zero-order valence-corrected chi connectivity index (χ0v) is 11.6. The Morgan fingerprint density at radius 1 is 1.33 bits per heavy atom. The molecule has 0 saturated carbocycles. The van der Waals surface area contributed by atoms with E-state index in [1.807, 2.05) is 0 Å². The Morgan fingerprint density at radius 3 is 2.72 bits per heavy atom. The Bertz CT molecular complexity index is 341. The maximum Gasteiger partial charge on any atom is 0.119 e. The molecular weight excluding hydrogens is 222 g/mol. The van der Waals surface area contributed by atoms with Crippen LogP contribution in [0.1, 0.15) is 44.6 Å². The molecule has 1 aliphatic heterocycles. The quantitative estimate of drug-likeness (QED) is 0.858. The highest BCUT2D eigenvalue weighted by atomic mass is 16.5. The molecule has 1 heterocycles. The van der Waals surface area contributed by atoms with E-state index in [0.29, 0.717) is 11.8 Å². The van der Waals surface area contributed by atoms with Crippen molar-refractivity contribution in [2.24, 2.45) is 5.92 Å². The van der Waals surface area contributed by atoms with Crippen molar-refractivity contribution in [1.29, 1.82) is 0 Å². The van der Waals surface area contributed by atoms with Crippen LogP contribution in [0.4, 0.5) is 0 Å². The lowest BCUT2D eigenvalue weighted by atomic mass is 9.99. The third-order valence-corrected chi connectivity index (χ3v) is 3.95. The van der Waals surface area contributed by atoms with E-state index in [9.17, 15) is 0 Å². The van der Waals surface area contributed by atoms with Crippen LogP contribution in [0.5, 0.6) is 5.75 Å². The predicted octanol–water partition coefficient (Wildman–Crippen LogP) is 3.58. The fraction of sp³-hybridized carbons (Fsp3) is 0.625. The Balaban J connectivity index is 1.82. The van der Waals surface area contributed by atoms with Gasteiger partial charge in [-0.15, -0.1) is 0 Å². The lowest BCUT2D eigenvalue weighted by Gasteiger charge is -2.22. The number of benzene rings is 1. The van der Waals surface area contributed by atoms with Gasteiger partial charge in [0.05, 0.1) is 6.61 Å². The summed E-state index contributed by atoms with van der Waals surface area (Å²) in [6.45, 7) is 7.61. The first-order valence-electron chi connectivity index (χ1n) is 7.23. The van der Waals surface area contributed by atoms with Crippen LogP contribution >= 0.6 is 0 Å². The molecule has 18 heavy (non-hydrogen) atoms. The van der Waals surface area contributed by atoms with E-state index in [0.717, 1.165) is 18.9 Å². The molecule has 1 N–H and O–H groups in total. The molecule has 2 nitrogen and oxygen atoms in total. The number of ether oxygens (including phenoxy) is 1. The second kappa shape index (κ2) is 6.79. The largest absolute Gasteiger partial charge is 0.493 e. The summed E-state index contributed by atoms with van der Waals surface area (Å²) >= 11 is 0. The molecule has 2 heteroatoms. The fourth-order valence-corrected chi connectivity index (χ4v) is 2.41. The molecule has 2 atom stereocenters. The van der Waals surface area contributed by atoms with Gasteiger partial charge in [-0.3, -0.25) is 0 Å². The van der Waals surface area contributed by atoms with Gasteiger partial charge in [0, 0.05) is 12.5 Å². The van der Waals surface area contributed by atoms with Gasteiger partial charge in [0.1, 0.15) is 5.75 Å². The van der Waals surface area contributed by atoms with Crippen molar-refractivity contribution in [1.82, 2.24) is 5.32 Å². The summed E-state index contributed by atoms with van der Waals surface area (Å²) in [5.41, 5.74) is 1.41. The predicted molar refractivity (Wildman–Crippen MR) is 76.2 cm³/mol. The Hall–Kier alpha value is -1.02. The van der Waals surface area contributed by atoms with Gasteiger partial charge in [-0.1, -0.05) is 26.0 Å². The van der Waals surface area contributed by atoms with E-state index in [1.54, 1.807) is 0 Å². The summed E-state index contributed by atoms with van der Waals surface area (Å²) in [6.07, 6.45) is 3.76. The second-order valence-corrected chi connectivity index (χ2v) is 5.40. The summed E-state index contributed by atoms with van der Waals surface area (Å²) in [5, 5.41) is 3.42. The van der Waals surface area contributed by atoms with E-state index in [2.05, 4.69) is 43.4 Å². The zero-order valence-electron chi connectivity index (χ0n) is 11.6. The van der Waals surface area contributed by atoms with Crippen molar-refractivity contribution in [3.05, 3.63) is 29.8 Å². The molecule has 0 amide bonds. The second-order valence-electron chi connectivity index (χ2n) is 5.40. The maximum absolute atomic E-state index is 5.87. The molecule has 1 aromatic rings. The summed E-state index contributed by atoms with van der Waals surface area (Å²) in [5.74, 6) is 2.32. The molecule has 0 bridgehead atoms. The Morgan fingerprint density at radius 2 is 2.11 bits per heavy atom. The van der Waals surface area contributed by atoms with E-state index >= 15 is 0 Å². The fourth-order valence-electron chi connectivity index (χ4n) is 2.41. The molecule has 0 aromatic heterocycles. The monoisotopic (exact) mass is 247 g/mol. The molecule has 1 fully saturated rings. The highest BCUT2D eigenvalue weighted by molar-refractivity contribution is 5.29. The number of hydrogen-bond donors (Lipinski definition) is 1. The third-order valence-electron chi connectivity index (χ3n) is 3.95. The molecule has 0 aliphatic carbocycles. The summed E-state index contributed by atoms with van der Waals surface area (Å²) < 4.78 is 5.87. The molecule has 1 saturated heterocycles. The number of nitrogens with one attached hydrogen (secondary N) is 1. The van der Waals surface area contributed by atoms with E-state index < -0.39 is 0 Å². The van der Waals surface area contributed by atoms with Gasteiger partial charge in [-0.2, -0.15) is 0 Å². The molecule has 0 radical (unpaired) electrons. The van der Waals surface area contributed by atoms with Crippen molar-refractivity contribution >= 4 is 0 Å². The zero-order chi connectivity index (χ0) is 12.8. The van der Waals surface area contributed by atoms with Crippen LogP contribution in [0.15, 0.2) is 24.3 Å². The summed E-state index contributed by atoms with van der Waals surface area (Å²) in [4.78, 5) is 0. The van der Waals surface area contributed by atoms with Gasteiger partial charge in [0.15, 0.2) is 0 Å². The number of hydrogen-bond acceptors (Lipinski definition) is 2. The molecule has 2 unspecified atom stereocenters. The molecule has 1 aromatic carbocycles. The van der Waals surface area contributed by atoms with Crippen LogP contribution in [0.25, 0.3) is 0 Å². The molecule has 0 spiro atoms. The van der Waals surface area contributed by atoms with Gasteiger partial charge >= 0.3 is 0 Å². The van der Waals surface area contributed by atoms with Crippen LogP contribution in [0.2, 0.25) is 0 Å². The molecule has 100 valence electrons. The molecule has 2 rings (SSSR count). The van der Waals surface area contributed by atoms with E-state index in [-0.39, 0.29) is 0 Å². The normalized spacial score (nSPS) is 21.6. The van der Waals surface area contributed by atoms with Crippen molar-refractivity contribution in [2.75, 3.05) is 19.7 Å². The van der Waals surface area contributed by atoms with Gasteiger partial charge < -0.3 is 10.1 Å². The van der Waals surface area contributed by atoms with Crippen LogP contribution in [-0.2, 0) is 0 Å². The average molecular weight is 247 g/mol. The van der Waals surface area contributed by atoms with Crippen LogP contribution in [0, 0.1) is 5.92 Å². The highest BCUT2D eigenvalue weighted by Gasteiger charge is 2.13. The topological polar surface area (TPSA) is 21.3 Å². The lowest BCUT2D eigenvalue weighted by Crippen LogP contribution is -2.33. The summed E-state index contributed by atoms with van der Waals surface area (Å²) in [6, 6.07) is 8.61. The van der Waals surface area contributed by atoms with Gasteiger partial charge in [0.25, 0.3) is 0 Å². The van der Waals surface area contributed by atoms with Crippen LogP contribution < -0.4 is 10.1 Å². The minimum Gasteiger partial charge on any atom is -0.493 e. The Labute approximate surface area is 111 Å². The van der Waals surface area contributed by atoms with Crippen molar-refractivity contribution < 1.29 is 4.74 Å². The smallest absolute Gasteiger partial charge is 0.119 e. The third kappa shape index (κ3) is 3.74. The van der Waals surface area contributed by atoms with Crippen molar-refractivity contribution in [3.63, 3.8) is 0 Å². The van der Waals surface area contributed by atoms with Crippen molar-refractivity contribution in [3.8, 4) is 5.75 Å². The van der Waals surface area contributed by atoms with E-state index in [4.69, 9.17) is 4.74 Å². The first kappa shape index (κ1) is 13.4. The first-order valence-corrected chi connectivity index (χ1v) is 7.23. The average Bonchev–Trinajstić information content (AvgIpc) is 2.46. The Kier molecular flexibility index (Phi) is 5.06. The van der Waals surface area contributed by atoms with Crippen molar-refractivity contribution in [2.45, 2.75) is 39.0 Å². The van der Waals surface area contributed by atoms with E-state index in [1.165, 1.54) is 31.4 Å². The highest BCUT2D eigenvalue weighted by Crippen LogP contribution is 2.22. The minimum atomic E-state index is 0.640. The first-order chi connectivity index (χ1) is 8.79. The lowest BCUT2D eigenvalue weighted by molar-refractivity contribution is 0.218. The number of piperidine rings is 1. The van der Waals surface area contributed by atoms with Gasteiger partial charge in [0.2, 0.25) is 0 Å². The summed E-state index contributed by atoms with van der Waals surface area (Å²) in [7, 11) is 0. The molecule has 1 aliphatic rings. The standard InChI is InChI=1S/C16H25NO/c1-3-13(2)15-6-8-16(9-7-15)18-12-14-5-4-10-17-11-14/h6-9,13-14,17H,3-5,10-12H2,1-2H3. The van der Waals surface area contributed by atoms with Crippen LogP contribution in [-0.4, -0.2) is 19.7 Å². The maximum atomic E-state index is 5.87. The number of rotatable bonds is 5. The van der Waals surface area contributed by atoms with Gasteiger partial charge in [-0.05, 0) is 49.4 Å². The van der Waals surface area contributed by atoms with Crippen LogP contribution in [0.3, 0.4) is 0 Å². The minimum absolute atomic E-state index is 0.640. The molecular formula is C16H25NO. The SMILES string of the molecule is CCC(C)c1ccc(OCC2CCCNC2)cc1.